The van der Waals surface area contributed by atoms with E-state index in [0.717, 1.165) is 45.8 Å². The van der Waals surface area contributed by atoms with Gasteiger partial charge >= 0.3 is 0 Å². The summed E-state index contributed by atoms with van der Waals surface area (Å²) in [7, 11) is 0. The van der Waals surface area contributed by atoms with Gasteiger partial charge in [0.25, 0.3) is 5.69 Å². The van der Waals surface area contributed by atoms with Crippen molar-refractivity contribution >= 4 is 83.7 Å². The Balaban J connectivity index is 1.25. The van der Waals surface area contributed by atoms with Crippen molar-refractivity contribution in [2.75, 3.05) is 5.32 Å². The van der Waals surface area contributed by atoms with Crippen molar-refractivity contribution in [2.45, 2.75) is 9.24 Å². The summed E-state index contributed by atoms with van der Waals surface area (Å²) < 4.78 is 2.08. The second kappa shape index (κ2) is 9.47. The van der Waals surface area contributed by atoms with Crippen molar-refractivity contribution < 1.29 is 4.92 Å². The summed E-state index contributed by atoms with van der Waals surface area (Å²) in [5, 5.41) is 15.8. The number of nitrogens with zero attached hydrogens (tertiary/aromatic N) is 4. The lowest BCUT2D eigenvalue weighted by atomic mass is 10.1. The Kier molecular flexibility index (Phi) is 6.02. The number of nitro groups is 1. The van der Waals surface area contributed by atoms with Crippen molar-refractivity contribution in [3.05, 3.63) is 94.3 Å². The first-order chi connectivity index (χ1) is 17.5. The Bertz CT molecular complexity index is 1720. The first kappa shape index (κ1) is 22.9. The number of para-hydroxylation sites is 1. The van der Waals surface area contributed by atoms with Crippen LogP contribution in [0.25, 0.3) is 30.9 Å². The van der Waals surface area contributed by atoms with Gasteiger partial charge in [-0.3, -0.25) is 10.1 Å². The van der Waals surface area contributed by atoms with Gasteiger partial charge in [-0.05, 0) is 54.1 Å². The van der Waals surface area contributed by atoms with Crippen LogP contribution in [0.3, 0.4) is 0 Å². The SMILES string of the molecule is O=[N+]([O-])c1ccc(-c2cc3c(Nc4ccc(Sc5nc6ccccc6s5)c(Cl)c4)ncnc3s2)cc1. The number of fused-ring (bicyclic) bond motifs is 2. The molecule has 0 saturated heterocycles. The molecule has 0 fully saturated rings. The number of hydrogen-bond donors (Lipinski definition) is 1. The maximum absolute atomic E-state index is 10.9. The van der Waals surface area contributed by atoms with Crippen LogP contribution in [0.4, 0.5) is 17.2 Å². The zero-order chi connectivity index (χ0) is 24.6. The van der Waals surface area contributed by atoms with E-state index in [9.17, 15) is 10.1 Å². The largest absolute Gasteiger partial charge is 0.340 e. The van der Waals surface area contributed by atoms with Gasteiger partial charge in [-0.2, -0.15) is 0 Å². The molecule has 36 heavy (non-hydrogen) atoms. The van der Waals surface area contributed by atoms with Crippen LogP contribution < -0.4 is 5.32 Å². The maximum atomic E-state index is 10.9. The number of nitro benzene ring substituents is 1. The van der Waals surface area contributed by atoms with Gasteiger partial charge in [0.1, 0.15) is 17.0 Å². The number of benzene rings is 3. The Labute approximate surface area is 222 Å². The normalized spacial score (nSPS) is 11.2. The predicted molar refractivity (Wildman–Crippen MR) is 148 cm³/mol. The Morgan fingerprint density at radius 3 is 2.58 bits per heavy atom. The second-order valence-corrected chi connectivity index (χ2v) is 11.4. The van der Waals surface area contributed by atoms with Gasteiger partial charge < -0.3 is 5.32 Å². The van der Waals surface area contributed by atoms with Gasteiger partial charge in [-0.1, -0.05) is 35.5 Å². The number of hydrogen-bond acceptors (Lipinski definition) is 9. The van der Waals surface area contributed by atoms with Crippen molar-refractivity contribution in [3.63, 3.8) is 0 Å². The van der Waals surface area contributed by atoms with Crippen LogP contribution in [-0.4, -0.2) is 19.9 Å². The third kappa shape index (κ3) is 4.51. The molecule has 3 aromatic heterocycles. The molecule has 11 heteroatoms. The Morgan fingerprint density at radius 2 is 1.81 bits per heavy atom. The third-order valence-corrected chi connectivity index (χ3v) is 9.05. The first-order valence-electron chi connectivity index (χ1n) is 10.6. The highest BCUT2D eigenvalue weighted by Crippen LogP contribution is 2.40. The van der Waals surface area contributed by atoms with E-state index < -0.39 is 4.92 Å². The van der Waals surface area contributed by atoms with Crippen LogP contribution in [0.1, 0.15) is 0 Å². The monoisotopic (exact) mass is 547 g/mol. The lowest BCUT2D eigenvalue weighted by molar-refractivity contribution is -0.384. The Hall–Kier alpha value is -3.57. The average Bonchev–Trinajstić information content (AvgIpc) is 3.50. The van der Waals surface area contributed by atoms with E-state index in [1.165, 1.54) is 29.8 Å². The van der Waals surface area contributed by atoms with E-state index in [2.05, 4.69) is 26.3 Å². The summed E-state index contributed by atoms with van der Waals surface area (Å²) in [6.45, 7) is 0. The minimum atomic E-state index is -0.407. The van der Waals surface area contributed by atoms with E-state index in [1.807, 2.05) is 42.5 Å². The maximum Gasteiger partial charge on any atom is 0.269 e. The molecule has 0 amide bonds. The smallest absolute Gasteiger partial charge is 0.269 e. The standard InChI is InChI=1S/C25H14ClN5O2S3/c26-18-11-15(7-10-20(18)35-25-30-19-3-1-2-4-21(19)36-25)29-23-17-12-22(34-24(17)28-13-27-23)14-5-8-16(9-6-14)31(32)33/h1-13H,(H,27,28,29). The second-order valence-electron chi connectivity index (χ2n) is 7.68. The van der Waals surface area contributed by atoms with E-state index >= 15 is 0 Å². The summed E-state index contributed by atoms with van der Waals surface area (Å²) in [4.78, 5) is 26.7. The van der Waals surface area contributed by atoms with Crippen molar-refractivity contribution in [2.24, 2.45) is 0 Å². The molecular formula is C25H14ClN5O2S3. The fraction of sp³-hybridized carbons (Fsp3) is 0. The number of thiophene rings is 1. The van der Waals surface area contributed by atoms with Crippen LogP contribution in [-0.2, 0) is 0 Å². The number of thiazole rings is 1. The van der Waals surface area contributed by atoms with Gasteiger partial charge in [0, 0.05) is 27.6 Å². The van der Waals surface area contributed by atoms with Crippen molar-refractivity contribution in [1.29, 1.82) is 0 Å². The number of halogens is 1. The summed E-state index contributed by atoms with van der Waals surface area (Å²) >= 11 is 11.3. The molecule has 1 N–H and O–H groups in total. The number of rotatable bonds is 6. The average molecular weight is 548 g/mol. The summed E-state index contributed by atoms with van der Waals surface area (Å²) in [5.74, 6) is 0.659. The van der Waals surface area contributed by atoms with Crippen molar-refractivity contribution in [3.8, 4) is 10.4 Å². The molecule has 0 radical (unpaired) electrons. The molecule has 0 bridgehead atoms. The first-order valence-corrected chi connectivity index (χ1v) is 13.5. The molecule has 0 aliphatic heterocycles. The molecular weight excluding hydrogens is 534 g/mol. The van der Waals surface area contributed by atoms with Crippen LogP contribution in [0.15, 0.2) is 88.4 Å². The van der Waals surface area contributed by atoms with Crippen LogP contribution in [0.2, 0.25) is 5.02 Å². The molecule has 6 aromatic rings. The highest BCUT2D eigenvalue weighted by atomic mass is 35.5. The van der Waals surface area contributed by atoms with Gasteiger partial charge in [-0.25, -0.2) is 15.0 Å². The highest BCUT2D eigenvalue weighted by molar-refractivity contribution is 8.01. The van der Waals surface area contributed by atoms with Crippen LogP contribution in [0.5, 0.6) is 0 Å². The van der Waals surface area contributed by atoms with E-state index in [-0.39, 0.29) is 5.69 Å². The molecule has 0 aliphatic rings. The minimum Gasteiger partial charge on any atom is -0.340 e. The summed E-state index contributed by atoms with van der Waals surface area (Å²) in [6, 6.07) is 22.3. The van der Waals surface area contributed by atoms with Crippen molar-refractivity contribution in [1.82, 2.24) is 15.0 Å². The van der Waals surface area contributed by atoms with Gasteiger partial charge in [-0.15, -0.1) is 22.7 Å². The molecule has 7 nitrogen and oxygen atoms in total. The zero-order valence-electron chi connectivity index (χ0n) is 18.2. The van der Waals surface area contributed by atoms with Crippen LogP contribution in [0, 0.1) is 10.1 Å². The van der Waals surface area contributed by atoms with E-state index in [0.29, 0.717) is 10.8 Å². The topological polar surface area (TPSA) is 93.8 Å². The molecule has 0 spiro atoms. The molecule has 0 unspecified atom stereocenters. The molecule has 0 atom stereocenters. The van der Waals surface area contributed by atoms with E-state index in [1.54, 1.807) is 35.2 Å². The molecule has 3 heterocycles. The summed E-state index contributed by atoms with van der Waals surface area (Å²) in [6.07, 6.45) is 1.51. The van der Waals surface area contributed by atoms with Gasteiger partial charge in [0.2, 0.25) is 0 Å². The van der Waals surface area contributed by atoms with Crippen LogP contribution >= 0.6 is 46.0 Å². The lowest BCUT2D eigenvalue weighted by Crippen LogP contribution is -1.94. The number of nitrogens with one attached hydrogen (secondary N) is 1. The molecule has 176 valence electrons. The molecule has 0 saturated carbocycles. The predicted octanol–water partition coefficient (Wildman–Crippen LogP) is 8.42. The summed E-state index contributed by atoms with van der Waals surface area (Å²) in [5.41, 5.74) is 2.73. The number of aromatic nitrogens is 3. The molecule has 6 rings (SSSR count). The highest BCUT2D eigenvalue weighted by Gasteiger charge is 2.13. The fourth-order valence-electron chi connectivity index (χ4n) is 3.63. The molecule has 0 aliphatic carbocycles. The fourth-order valence-corrected chi connectivity index (χ4v) is 6.96. The zero-order valence-corrected chi connectivity index (χ0v) is 21.4. The third-order valence-electron chi connectivity index (χ3n) is 5.36. The number of anilines is 2. The lowest BCUT2D eigenvalue weighted by Gasteiger charge is -2.09. The van der Waals surface area contributed by atoms with Gasteiger partial charge in [0.15, 0.2) is 4.34 Å². The molecule has 3 aromatic carbocycles. The quantitative estimate of drug-likeness (QED) is 0.165. The Morgan fingerprint density at radius 1 is 0.972 bits per heavy atom. The van der Waals surface area contributed by atoms with E-state index in [4.69, 9.17) is 11.6 Å². The van der Waals surface area contributed by atoms with Gasteiger partial charge in [0.05, 0.1) is 25.5 Å². The number of non-ortho nitro benzene ring substituents is 1. The minimum absolute atomic E-state index is 0.0589.